The van der Waals surface area contributed by atoms with E-state index in [1.165, 1.54) is 0 Å². The second kappa shape index (κ2) is 5.87. The van der Waals surface area contributed by atoms with Crippen molar-refractivity contribution in [3.05, 3.63) is 23.3 Å². The molecule has 0 fully saturated rings. The molecule has 1 aromatic carbocycles. The van der Waals surface area contributed by atoms with Crippen molar-refractivity contribution in [1.29, 1.82) is 0 Å². The minimum absolute atomic E-state index is 0.166. The molecule has 2 rings (SSSR count). The number of Topliss-reactive ketones (excluding diaryl/α,β-unsaturated/α-hetero) is 1. The van der Waals surface area contributed by atoms with E-state index in [0.29, 0.717) is 25.4 Å². The molecule has 0 amide bonds. The topological polar surface area (TPSA) is 47.6 Å². The van der Waals surface area contributed by atoms with Gasteiger partial charge in [0.05, 0.1) is 0 Å². The van der Waals surface area contributed by atoms with E-state index >= 15 is 0 Å². The van der Waals surface area contributed by atoms with E-state index in [9.17, 15) is 4.79 Å². The van der Waals surface area contributed by atoms with Gasteiger partial charge < -0.3 is 14.8 Å². The molecule has 0 unspecified atom stereocenters. The first-order valence-electron chi connectivity index (χ1n) is 6.30. The third-order valence-electron chi connectivity index (χ3n) is 3.02. The Morgan fingerprint density at radius 1 is 1.28 bits per heavy atom. The SMILES string of the molecule is CNCCCC(=O)c1cc2c(cc1C)OCCO2. The van der Waals surface area contributed by atoms with E-state index in [2.05, 4.69) is 5.32 Å². The number of hydrogen-bond acceptors (Lipinski definition) is 4. The molecule has 1 heterocycles. The monoisotopic (exact) mass is 249 g/mol. The molecule has 0 spiro atoms. The Morgan fingerprint density at radius 3 is 2.61 bits per heavy atom. The van der Waals surface area contributed by atoms with Gasteiger partial charge in [0, 0.05) is 12.0 Å². The molecule has 0 aromatic heterocycles. The van der Waals surface area contributed by atoms with Crippen LogP contribution in [-0.2, 0) is 0 Å². The molecule has 1 aromatic rings. The van der Waals surface area contributed by atoms with Crippen LogP contribution in [0, 0.1) is 6.92 Å². The highest BCUT2D eigenvalue weighted by Gasteiger charge is 2.17. The average Bonchev–Trinajstić information content (AvgIpc) is 2.38. The molecule has 18 heavy (non-hydrogen) atoms. The molecular weight excluding hydrogens is 230 g/mol. The molecule has 1 aliphatic rings. The number of rotatable bonds is 5. The van der Waals surface area contributed by atoms with Crippen LogP contribution >= 0.6 is 0 Å². The van der Waals surface area contributed by atoms with Crippen LogP contribution in [0.4, 0.5) is 0 Å². The Morgan fingerprint density at radius 2 is 1.94 bits per heavy atom. The molecule has 4 heteroatoms. The Hall–Kier alpha value is -1.55. The summed E-state index contributed by atoms with van der Waals surface area (Å²) in [5.41, 5.74) is 1.70. The Labute approximate surface area is 107 Å². The van der Waals surface area contributed by atoms with Crippen molar-refractivity contribution in [2.75, 3.05) is 26.8 Å². The molecular formula is C14H19NO3. The van der Waals surface area contributed by atoms with E-state index in [-0.39, 0.29) is 5.78 Å². The Bertz CT molecular complexity index is 443. The number of aryl methyl sites for hydroxylation is 1. The zero-order valence-electron chi connectivity index (χ0n) is 10.9. The summed E-state index contributed by atoms with van der Waals surface area (Å²) < 4.78 is 11.0. The summed E-state index contributed by atoms with van der Waals surface area (Å²) in [6.45, 7) is 3.91. The summed E-state index contributed by atoms with van der Waals surface area (Å²) in [5.74, 6) is 1.59. The number of ketones is 1. The average molecular weight is 249 g/mol. The summed E-state index contributed by atoms with van der Waals surface area (Å²) in [5, 5.41) is 3.04. The van der Waals surface area contributed by atoms with Crippen LogP contribution < -0.4 is 14.8 Å². The first-order valence-corrected chi connectivity index (χ1v) is 6.30. The molecule has 0 aliphatic carbocycles. The number of nitrogens with one attached hydrogen (secondary N) is 1. The van der Waals surface area contributed by atoms with Crippen LogP contribution in [0.3, 0.4) is 0 Å². The third-order valence-corrected chi connectivity index (χ3v) is 3.02. The summed E-state index contributed by atoms with van der Waals surface area (Å²) >= 11 is 0. The number of fused-ring (bicyclic) bond motifs is 1. The van der Waals surface area contributed by atoms with Gasteiger partial charge in [-0.05, 0) is 44.6 Å². The van der Waals surface area contributed by atoms with Gasteiger partial charge in [-0.15, -0.1) is 0 Å². The maximum absolute atomic E-state index is 12.1. The van der Waals surface area contributed by atoms with Gasteiger partial charge in [-0.2, -0.15) is 0 Å². The van der Waals surface area contributed by atoms with Crippen LogP contribution in [0.5, 0.6) is 11.5 Å². The Balaban J connectivity index is 2.14. The highest BCUT2D eigenvalue weighted by Crippen LogP contribution is 2.33. The van der Waals surface area contributed by atoms with Gasteiger partial charge in [-0.25, -0.2) is 0 Å². The number of carbonyl (C=O) groups is 1. The highest BCUT2D eigenvalue weighted by molar-refractivity contribution is 5.98. The molecule has 0 saturated heterocycles. The van der Waals surface area contributed by atoms with Crippen LogP contribution in [0.25, 0.3) is 0 Å². The fraction of sp³-hybridized carbons (Fsp3) is 0.500. The van der Waals surface area contributed by atoms with Gasteiger partial charge in [-0.3, -0.25) is 4.79 Å². The quantitative estimate of drug-likeness (QED) is 0.640. The number of ether oxygens (including phenoxy) is 2. The largest absolute Gasteiger partial charge is 0.486 e. The molecule has 0 saturated carbocycles. The number of hydrogen-bond donors (Lipinski definition) is 1. The van der Waals surface area contributed by atoms with E-state index in [1.54, 1.807) is 0 Å². The van der Waals surface area contributed by atoms with Gasteiger partial charge in [0.1, 0.15) is 13.2 Å². The lowest BCUT2D eigenvalue weighted by Gasteiger charge is -2.20. The highest BCUT2D eigenvalue weighted by atomic mass is 16.6. The first kappa shape index (κ1) is 12.9. The van der Waals surface area contributed by atoms with Crippen molar-refractivity contribution in [2.45, 2.75) is 19.8 Å². The molecule has 0 radical (unpaired) electrons. The summed E-state index contributed by atoms with van der Waals surface area (Å²) in [4.78, 5) is 12.1. The van der Waals surface area contributed by atoms with E-state index in [4.69, 9.17) is 9.47 Å². The minimum atomic E-state index is 0.166. The third kappa shape index (κ3) is 2.82. The lowest BCUT2D eigenvalue weighted by atomic mass is 10.0. The van der Waals surface area contributed by atoms with E-state index in [0.717, 1.165) is 29.8 Å². The molecule has 4 nitrogen and oxygen atoms in total. The number of benzene rings is 1. The lowest BCUT2D eigenvalue weighted by Crippen LogP contribution is -2.16. The van der Waals surface area contributed by atoms with Crippen molar-refractivity contribution in [2.24, 2.45) is 0 Å². The van der Waals surface area contributed by atoms with Crippen molar-refractivity contribution < 1.29 is 14.3 Å². The molecule has 0 atom stereocenters. The molecule has 98 valence electrons. The van der Waals surface area contributed by atoms with Crippen molar-refractivity contribution in [3.8, 4) is 11.5 Å². The van der Waals surface area contributed by atoms with Gasteiger partial charge >= 0.3 is 0 Å². The fourth-order valence-electron chi connectivity index (χ4n) is 2.05. The standard InChI is InChI=1S/C14H19NO3/c1-10-8-13-14(18-7-6-17-13)9-11(10)12(16)4-3-5-15-2/h8-9,15H,3-7H2,1-2H3. The lowest BCUT2D eigenvalue weighted by molar-refractivity contribution is 0.0978. The van der Waals surface area contributed by atoms with Gasteiger partial charge in [0.2, 0.25) is 0 Å². The van der Waals surface area contributed by atoms with E-state index in [1.807, 2.05) is 26.1 Å². The molecule has 0 bridgehead atoms. The second-order valence-electron chi connectivity index (χ2n) is 4.44. The van der Waals surface area contributed by atoms with Gasteiger partial charge in [0.25, 0.3) is 0 Å². The van der Waals surface area contributed by atoms with Crippen LogP contribution in [0.2, 0.25) is 0 Å². The van der Waals surface area contributed by atoms with Gasteiger partial charge in [-0.1, -0.05) is 0 Å². The minimum Gasteiger partial charge on any atom is -0.486 e. The normalized spacial score (nSPS) is 13.4. The van der Waals surface area contributed by atoms with Crippen LogP contribution in [0.15, 0.2) is 12.1 Å². The zero-order chi connectivity index (χ0) is 13.0. The summed E-state index contributed by atoms with van der Waals surface area (Å²) in [7, 11) is 1.89. The predicted molar refractivity (Wildman–Crippen MR) is 69.7 cm³/mol. The van der Waals surface area contributed by atoms with Crippen molar-refractivity contribution in [1.82, 2.24) is 5.32 Å². The van der Waals surface area contributed by atoms with Crippen LogP contribution in [0.1, 0.15) is 28.8 Å². The maximum atomic E-state index is 12.1. The fourth-order valence-corrected chi connectivity index (χ4v) is 2.05. The molecule has 1 N–H and O–H groups in total. The van der Waals surface area contributed by atoms with Crippen molar-refractivity contribution in [3.63, 3.8) is 0 Å². The maximum Gasteiger partial charge on any atom is 0.163 e. The Kier molecular flexibility index (Phi) is 4.20. The first-order chi connectivity index (χ1) is 8.72. The predicted octanol–water partition coefficient (Wildman–Crippen LogP) is 1.95. The van der Waals surface area contributed by atoms with Crippen LogP contribution in [-0.4, -0.2) is 32.6 Å². The van der Waals surface area contributed by atoms with Crippen molar-refractivity contribution >= 4 is 5.78 Å². The zero-order valence-corrected chi connectivity index (χ0v) is 10.9. The van der Waals surface area contributed by atoms with Gasteiger partial charge in [0.15, 0.2) is 17.3 Å². The summed E-state index contributed by atoms with van der Waals surface area (Å²) in [6, 6.07) is 3.70. The van der Waals surface area contributed by atoms with E-state index < -0.39 is 0 Å². The molecule has 1 aliphatic heterocycles. The second-order valence-corrected chi connectivity index (χ2v) is 4.44. The number of carbonyl (C=O) groups excluding carboxylic acids is 1. The summed E-state index contributed by atoms with van der Waals surface area (Å²) in [6.07, 6.45) is 1.41. The smallest absolute Gasteiger partial charge is 0.163 e.